The molecular weight excluding hydrogens is 194 g/mol. The fourth-order valence-corrected chi connectivity index (χ4v) is 3.03. The molecule has 0 radical (unpaired) electrons. The molecular formula is C12H14ClN. The molecule has 4 rings (SSSR count). The number of anilines is 1. The average Bonchev–Trinajstić information content (AvgIpc) is 2.17. The van der Waals surface area contributed by atoms with Crippen LogP contribution in [0, 0.1) is 11.8 Å². The van der Waals surface area contributed by atoms with Crippen LogP contribution in [0.3, 0.4) is 0 Å². The highest BCUT2D eigenvalue weighted by Crippen LogP contribution is 2.42. The van der Waals surface area contributed by atoms with E-state index in [-0.39, 0.29) is 0 Å². The van der Waals surface area contributed by atoms with E-state index >= 15 is 0 Å². The third-order valence-electron chi connectivity index (χ3n) is 3.48. The number of halogens is 1. The quantitative estimate of drug-likeness (QED) is 0.684. The van der Waals surface area contributed by atoms with Gasteiger partial charge in [-0.1, -0.05) is 23.7 Å². The van der Waals surface area contributed by atoms with Gasteiger partial charge in [-0.2, -0.15) is 0 Å². The first-order valence-electron chi connectivity index (χ1n) is 5.32. The zero-order valence-corrected chi connectivity index (χ0v) is 8.87. The molecule has 1 aromatic rings. The van der Waals surface area contributed by atoms with E-state index in [1.165, 1.54) is 31.6 Å². The second-order valence-corrected chi connectivity index (χ2v) is 4.97. The summed E-state index contributed by atoms with van der Waals surface area (Å²) in [4.78, 5) is 2.45. The Kier molecular flexibility index (Phi) is 1.94. The number of rotatable bonds is 1. The minimum Gasteiger partial charge on any atom is -0.370 e. The van der Waals surface area contributed by atoms with Gasteiger partial charge >= 0.3 is 0 Å². The van der Waals surface area contributed by atoms with E-state index in [1.807, 2.05) is 12.1 Å². The smallest absolute Gasteiger partial charge is 0.0639 e. The van der Waals surface area contributed by atoms with Gasteiger partial charge in [-0.25, -0.2) is 0 Å². The Balaban J connectivity index is 1.85. The number of hydrogen-bond acceptors (Lipinski definition) is 1. The molecule has 1 aliphatic carbocycles. The normalized spacial score (nSPS) is 29.9. The van der Waals surface area contributed by atoms with Crippen LogP contribution in [0.4, 0.5) is 5.69 Å². The SMILES string of the molecule is Clc1ccccc1N1CC2CC(C2)C1. The first-order chi connectivity index (χ1) is 6.83. The number of piperidine rings is 2. The first-order valence-corrected chi connectivity index (χ1v) is 5.70. The van der Waals surface area contributed by atoms with Gasteiger partial charge < -0.3 is 4.90 Å². The maximum Gasteiger partial charge on any atom is 0.0639 e. The van der Waals surface area contributed by atoms with Gasteiger partial charge in [0.2, 0.25) is 0 Å². The fraction of sp³-hybridized carbons (Fsp3) is 0.500. The van der Waals surface area contributed by atoms with Crippen LogP contribution in [0.25, 0.3) is 0 Å². The van der Waals surface area contributed by atoms with Crippen molar-refractivity contribution in [1.29, 1.82) is 0 Å². The molecule has 1 saturated carbocycles. The van der Waals surface area contributed by atoms with E-state index in [2.05, 4.69) is 17.0 Å². The first kappa shape index (κ1) is 8.60. The Hall–Kier alpha value is -0.690. The lowest BCUT2D eigenvalue weighted by Gasteiger charge is -2.48. The van der Waals surface area contributed by atoms with Gasteiger partial charge in [0.25, 0.3) is 0 Å². The number of nitrogens with zero attached hydrogens (tertiary/aromatic N) is 1. The minimum absolute atomic E-state index is 0.897. The highest BCUT2D eigenvalue weighted by Gasteiger charge is 2.37. The Bertz CT molecular complexity index is 334. The van der Waals surface area contributed by atoms with Crippen LogP contribution < -0.4 is 4.90 Å². The zero-order valence-electron chi connectivity index (χ0n) is 8.12. The summed E-state index contributed by atoms with van der Waals surface area (Å²) in [6.45, 7) is 2.42. The zero-order chi connectivity index (χ0) is 9.54. The van der Waals surface area contributed by atoms with Crippen molar-refractivity contribution in [1.82, 2.24) is 0 Å². The van der Waals surface area contributed by atoms with Crippen molar-refractivity contribution in [3.63, 3.8) is 0 Å². The Morgan fingerprint density at radius 3 is 2.36 bits per heavy atom. The number of fused-ring (bicyclic) bond motifs is 2. The van der Waals surface area contributed by atoms with Crippen molar-refractivity contribution in [2.24, 2.45) is 11.8 Å². The molecule has 74 valence electrons. The minimum atomic E-state index is 0.897. The monoisotopic (exact) mass is 207 g/mol. The topological polar surface area (TPSA) is 3.24 Å². The van der Waals surface area contributed by atoms with Crippen LogP contribution in [0.5, 0.6) is 0 Å². The lowest BCUT2D eigenvalue weighted by Crippen LogP contribution is -2.48. The highest BCUT2D eigenvalue weighted by atomic mass is 35.5. The predicted molar refractivity (Wildman–Crippen MR) is 59.9 cm³/mol. The van der Waals surface area contributed by atoms with Gasteiger partial charge in [-0.15, -0.1) is 0 Å². The van der Waals surface area contributed by atoms with E-state index in [4.69, 9.17) is 11.6 Å². The van der Waals surface area contributed by atoms with E-state index in [9.17, 15) is 0 Å². The van der Waals surface area contributed by atoms with Crippen LogP contribution in [0.1, 0.15) is 12.8 Å². The number of para-hydroxylation sites is 1. The summed E-state index contributed by atoms with van der Waals surface area (Å²) < 4.78 is 0. The second kappa shape index (κ2) is 3.16. The van der Waals surface area contributed by atoms with Crippen molar-refractivity contribution < 1.29 is 0 Å². The maximum absolute atomic E-state index is 6.18. The predicted octanol–water partition coefficient (Wildman–Crippen LogP) is 3.19. The summed E-state index contributed by atoms with van der Waals surface area (Å²) in [5.74, 6) is 1.87. The molecule has 3 aliphatic rings. The van der Waals surface area contributed by atoms with Crippen molar-refractivity contribution in [2.75, 3.05) is 18.0 Å². The van der Waals surface area contributed by atoms with Crippen molar-refractivity contribution >= 4 is 17.3 Å². The van der Waals surface area contributed by atoms with Crippen molar-refractivity contribution in [3.05, 3.63) is 29.3 Å². The standard InChI is InChI=1S/C12H14ClN/c13-11-3-1-2-4-12(11)14-7-9-5-10(6-9)8-14/h1-4,9-10H,5-8H2. The molecule has 1 aromatic carbocycles. The van der Waals surface area contributed by atoms with Gasteiger partial charge in [0.1, 0.15) is 0 Å². The average molecular weight is 208 g/mol. The molecule has 2 bridgehead atoms. The van der Waals surface area contributed by atoms with E-state index in [1.54, 1.807) is 0 Å². The van der Waals surface area contributed by atoms with Gasteiger partial charge in [-0.05, 0) is 36.8 Å². The van der Waals surface area contributed by atoms with Crippen molar-refractivity contribution in [2.45, 2.75) is 12.8 Å². The number of benzene rings is 1. The lowest BCUT2D eigenvalue weighted by atomic mass is 9.71. The largest absolute Gasteiger partial charge is 0.370 e. The van der Waals surface area contributed by atoms with Crippen LogP contribution in [0.15, 0.2) is 24.3 Å². The molecule has 2 heteroatoms. The van der Waals surface area contributed by atoms with Gasteiger partial charge in [0.05, 0.1) is 10.7 Å². The van der Waals surface area contributed by atoms with E-state index < -0.39 is 0 Å². The summed E-state index contributed by atoms with van der Waals surface area (Å²) in [5, 5.41) is 0.897. The molecule has 0 amide bonds. The van der Waals surface area contributed by atoms with Crippen LogP contribution in [-0.2, 0) is 0 Å². The third-order valence-corrected chi connectivity index (χ3v) is 3.80. The van der Waals surface area contributed by atoms with Gasteiger partial charge in [-0.3, -0.25) is 0 Å². The van der Waals surface area contributed by atoms with Crippen molar-refractivity contribution in [3.8, 4) is 0 Å². The molecule has 0 spiro atoms. The highest BCUT2D eigenvalue weighted by molar-refractivity contribution is 6.33. The van der Waals surface area contributed by atoms with E-state index in [0.717, 1.165) is 16.9 Å². The Morgan fingerprint density at radius 2 is 1.71 bits per heavy atom. The molecule has 0 aromatic heterocycles. The number of hydrogen-bond donors (Lipinski definition) is 0. The Labute approximate surface area is 89.7 Å². The molecule has 2 saturated heterocycles. The molecule has 2 heterocycles. The molecule has 14 heavy (non-hydrogen) atoms. The summed E-state index contributed by atoms with van der Waals surface area (Å²) in [6.07, 6.45) is 2.89. The maximum atomic E-state index is 6.18. The molecule has 2 aliphatic heterocycles. The van der Waals surface area contributed by atoms with Crippen LogP contribution >= 0.6 is 11.6 Å². The fourth-order valence-electron chi connectivity index (χ4n) is 2.77. The van der Waals surface area contributed by atoms with Crippen LogP contribution in [0.2, 0.25) is 5.02 Å². The summed E-state index contributed by atoms with van der Waals surface area (Å²) in [5.41, 5.74) is 1.23. The summed E-state index contributed by atoms with van der Waals surface area (Å²) in [7, 11) is 0. The molecule has 1 nitrogen and oxygen atoms in total. The second-order valence-electron chi connectivity index (χ2n) is 4.56. The van der Waals surface area contributed by atoms with Gasteiger partial charge in [0, 0.05) is 13.1 Å². The lowest BCUT2D eigenvalue weighted by molar-refractivity contribution is 0.159. The third kappa shape index (κ3) is 1.31. The molecule has 0 N–H and O–H groups in total. The summed E-state index contributed by atoms with van der Waals surface area (Å²) in [6, 6.07) is 8.18. The Morgan fingerprint density at radius 1 is 1.07 bits per heavy atom. The summed E-state index contributed by atoms with van der Waals surface area (Å²) >= 11 is 6.18. The van der Waals surface area contributed by atoms with Crippen LogP contribution in [-0.4, -0.2) is 13.1 Å². The van der Waals surface area contributed by atoms with E-state index in [0.29, 0.717) is 0 Å². The molecule has 0 unspecified atom stereocenters. The van der Waals surface area contributed by atoms with Gasteiger partial charge in [0.15, 0.2) is 0 Å². The molecule has 3 fully saturated rings. The molecule has 0 atom stereocenters.